The summed E-state index contributed by atoms with van der Waals surface area (Å²) in [5.74, 6) is -2.14. The molecule has 2 atom stereocenters. The van der Waals surface area contributed by atoms with E-state index in [1.54, 1.807) is 12.1 Å². The van der Waals surface area contributed by atoms with Gasteiger partial charge in [-0.3, -0.25) is 4.79 Å². The van der Waals surface area contributed by atoms with E-state index in [0.717, 1.165) is 0 Å². The number of carbonyl (C=O) groups is 1. The summed E-state index contributed by atoms with van der Waals surface area (Å²) in [7, 11) is 0. The van der Waals surface area contributed by atoms with Crippen LogP contribution in [0.1, 0.15) is 36.0 Å². The quantitative estimate of drug-likeness (QED) is 0.794. The van der Waals surface area contributed by atoms with E-state index in [-0.39, 0.29) is 22.7 Å². The fourth-order valence-corrected chi connectivity index (χ4v) is 3.40. The number of amides is 1. The average molecular weight is 391 g/mol. The van der Waals surface area contributed by atoms with Gasteiger partial charge in [-0.1, -0.05) is 22.4 Å². The Balaban J connectivity index is 2.03. The largest absolute Gasteiger partial charge is 0.439 e. The van der Waals surface area contributed by atoms with Crippen LogP contribution in [0.15, 0.2) is 33.8 Å². The number of hydrogen-bond donors (Lipinski definition) is 1. The summed E-state index contributed by atoms with van der Waals surface area (Å²) in [4.78, 5) is 12.5. The van der Waals surface area contributed by atoms with Crippen LogP contribution in [0.2, 0.25) is 0 Å². The molecule has 3 rings (SSSR count). The fourth-order valence-electron chi connectivity index (χ4n) is 3.13. The molecule has 8 heteroatoms. The molecule has 23 heavy (non-hydrogen) atoms. The first-order valence-corrected chi connectivity index (χ1v) is 8.01. The zero-order valence-corrected chi connectivity index (χ0v) is 13.6. The van der Waals surface area contributed by atoms with Gasteiger partial charge >= 0.3 is 6.18 Å². The highest BCUT2D eigenvalue weighted by atomic mass is 79.9. The molecule has 0 spiro atoms. The molecule has 1 aliphatic carbocycles. The van der Waals surface area contributed by atoms with Gasteiger partial charge in [0.2, 0.25) is 0 Å². The zero-order chi connectivity index (χ0) is 16.8. The number of rotatable bonds is 1. The van der Waals surface area contributed by atoms with E-state index < -0.39 is 23.7 Å². The summed E-state index contributed by atoms with van der Waals surface area (Å²) in [6.45, 7) is 0. The lowest BCUT2D eigenvalue weighted by molar-refractivity contribution is -0.312. The number of benzene rings is 1. The van der Waals surface area contributed by atoms with E-state index in [2.05, 4.69) is 21.0 Å². The first kappa shape index (κ1) is 16.4. The van der Waals surface area contributed by atoms with Gasteiger partial charge in [-0.2, -0.15) is 23.3 Å². The second kappa shape index (κ2) is 5.59. The molecule has 1 aliphatic heterocycles. The number of hydrogen-bond acceptors (Lipinski definition) is 3. The Bertz CT molecular complexity index is 660. The summed E-state index contributed by atoms with van der Waals surface area (Å²) in [5.41, 5.74) is -2.98. The first-order chi connectivity index (χ1) is 10.7. The Morgan fingerprint density at radius 2 is 1.96 bits per heavy atom. The molecule has 124 valence electrons. The minimum atomic E-state index is -4.98. The van der Waals surface area contributed by atoms with Crippen molar-refractivity contribution >= 4 is 27.5 Å². The Kier molecular flexibility index (Phi) is 4.00. The van der Waals surface area contributed by atoms with Gasteiger partial charge in [0.15, 0.2) is 0 Å². The molecule has 1 heterocycles. The smallest absolute Gasteiger partial charge is 0.362 e. The molecule has 0 bridgehead atoms. The number of hydrazone groups is 1. The highest BCUT2D eigenvalue weighted by molar-refractivity contribution is 9.10. The van der Waals surface area contributed by atoms with Gasteiger partial charge in [-0.15, -0.1) is 0 Å². The van der Waals surface area contributed by atoms with Gasteiger partial charge in [-0.05, 0) is 43.5 Å². The van der Waals surface area contributed by atoms with Gasteiger partial charge in [0, 0.05) is 15.7 Å². The van der Waals surface area contributed by atoms with E-state index in [0.29, 0.717) is 23.7 Å². The summed E-state index contributed by atoms with van der Waals surface area (Å²) >= 11 is 3.20. The molecule has 1 aromatic carbocycles. The van der Waals surface area contributed by atoms with Crippen LogP contribution in [0.5, 0.6) is 0 Å². The van der Waals surface area contributed by atoms with Crippen molar-refractivity contribution in [1.82, 2.24) is 5.01 Å². The fraction of sp³-hybridized carbons (Fsp3) is 0.467. The lowest BCUT2D eigenvalue weighted by Crippen LogP contribution is -2.61. The van der Waals surface area contributed by atoms with Crippen LogP contribution in [0.3, 0.4) is 0 Å². The maximum atomic E-state index is 13.6. The van der Waals surface area contributed by atoms with Gasteiger partial charge < -0.3 is 5.11 Å². The molecular formula is C15H14BrF3N2O2. The SMILES string of the molecule is O=C(c1ccc(Br)cc1)N1N=C2CCCC[C@H]2[C@]1(O)C(F)(F)F. The molecule has 1 aromatic rings. The van der Waals surface area contributed by atoms with E-state index in [1.807, 2.05) is 0 Å². The van der Waals surface area contributed by atoms with Crippen molar-refractivity contribution in [1.29, 1.82) is 0 Å². The predicted molar refractivity (Wildman–Crippen MR) is 80.7 cm³/mol. The third-order valence-corrected chi connectivity index (χ3v) is 4.84. The standard InChI is InChI=1S/C15H14BrF3N2O2/c16-10-7-5-9(6-8-10)13(22)21-14(23,15(17,18)19)11-3-1-2-4-12(11)20-21/h5-8,11,23H,1-4H2/t11-,14+/m1/s1. The maximum absolute atomic E-state index is 13.6. The Hall–Kier alpha value is -1.41. The highest BCUT2D eigenvalue weighted by Crippen LogP contribution is 2.48. The monoisotopic (exact) mass is 390 g/mol. The van der Waals surface area contributed by atoms with Crippen molar-refractivity contribution in [2.45, 2.75) is 37.6 Å². The molecule has 1 amide bonds. The summed E-state index contributed by atoms with van der Waals surface area (Å²) < 4.78 is 41.4. The van der Waals surface area contributed by atoms with E-state index in [9.17, 15) is 23.1 Å². The molecule has 4 nitrogen and oxygen atoms in total. The number of fused-ring (bicyclic) bond motifs is 1. The molecule has 0 aromatic heterocycles. The second-order valence-electron chi connectivity index (χ2n) is 5.74. The molecule has 0 saturated heterocycles. The second-order valence-corrected chi connectivity index (χ2v) is 6.65. The predicted octanol–water partition coefficient (Wildman–Crippen LogP) is 3.70. The van der Waals surface area contributed by atoms with Crippen molar-refractivity contribution in [3.8, 4) is 0 Å². The zero-order valence-electron chi connectivity index (χ0n) is 12.0. The van der Waals surface area contributed by atoms with Crippen LogP contribution in [-0.2, 0) is 0 Å². The average Bonchev–Trinajstić information content (AvgIpc) is 2.82. The van der Waals surface area contributed by atoms with Crippen LogP contribution in [-0.4, -0.2) is 33.6 Å². The summed E-state index contributed by atoms with van der Waals surface area (Å²) in [6.07, 6.45) is -3.16. The van der Waals surface area contributed by atoms with Crippen molar-refractivity contribution in [3.63, 3.8) is 0 Å². The number of nitrogens with zero attached hydrogens (tertiary/aromatic N) is 2. The number of alkyl halides is 3. The van der Waals surface area contributed by atoms with Crippen molar-refractivity contribution < 1.29 is 23.1 Å². The number of carbonyl (C=O) groups excluding carboxylic acids is 1. The van der Waals surface area contributed by atoms with Crippen molar-refractivity contribution in [2.24, 2.45) is 11.0 Å². The third-order valence-electron chi connectivity index (χ3n) is 4.32. The van der Waals surface area contributed by atoms with Gasteiger partial charge in [0.05, 0.1) is 5.92 Å². The molecule has 2 aliphatic rings. The van der Waals surface area contributed by atoms with Crippen LogP contribution in [0.25, 0.3) is 0 Å². The molecule has 0 unspecified atom stereocenters. The molecular weight excluding hydrogens is 377 g/mol. The maximum Gasteiger partial charge on any atom is 0.439 e. The minimum absolute atomic E-state index is 0.0406. The van der Waals surface area contributed by atoms with Crippen LogP contribution in [0.4, 0.5) is 13.2 Å². The lowest BCUT2D eigenvalue weighted by Gasteiger charge is -2.38. The molecule has 0 radical (unpaired) electrons. The van der Waals surface area contributed by atoms with Crippen molar-refractivity contribution in [3.05, 3.63) is 34.3 Å². The van der Waals surface area contributed by atoms with Crippen molar-refractivity contribution in [2.75, 3.05) is 0 Å². The third kappa shape index (κ3) is 2.57. The lowest BCUT2D eigenvalue weighted by atomic mass is 9.80. The molecule has 1 saturated carbocycles. The van der Waals surface area contributed by atoms with Crippen LogP contribution >= 0.6 is 15.9 Å². The van der Waals surface area contributed by atoms with Crippen LogP contribution in [0, 0.1) is 5.92 Å². The summed E-state index contributed by atoms with van der Waals surface area (Å²) in [5, 5.41) is 14.5. The van der Waals surface area contributed by atoms with Crippen LogP contribution < -0.4 is 0 Å². The normalized spacial score (nSPS) is 27.6. The highest BCUT2D eigenvalue weighted by Gasteiger charge is 2.68. The van der Waals surface area contributed by atoms with Gasteiger partial charge in [0.25, 0.3) is 11.6 Å². The van der Waals surface area contributed by atoms with Gasteiger partial charge in [-0.25, -0.2) is 0 Å². The number of aliphatic hydroxyl groups is 1. The van der Waals surface area contributed by atoms with E-state index in [4.69, 9.17) is 0 Å². The molecule has 1 N–H and O–H groups in total. The van der Waals surface area contributed by atoms with Gasteiger partial charge in [0.1, 0.15) is 0 Å². The Morgan fingerprint density at radius 1 is 1.30 bits per heavy atom. The minimum Gasteiger partial charge on any atom is -0.362 e. The Morgan fingerprint density at radius 3 is 2.57 bits per heavy atom. The number of halogens is 4. The topological polar surface area (TPSA) is 52.9 Å². The Labute approximate surface area is 139 Å². The first-order valence-electron chi connectivity index (χ1n) is 7.21. The summed E-state index contributed by atoms with van der Waals surface area (Å²) in [6, 6.07) is 5.89. The molecule has 1 fully saturated rings. The van der Waals surface area contributed by atoms with E-state index in [1.165, 1.54) is 12.1 Å². The van der Waals surface area contributed by atoms with E-state index >= 15 is 0 Å².